The van der Waals surface area contributed by atoms with Gasteiger partial charge in [-0.1, -0.05) is 60.3 Å². The lowest BCUT2D eigenvalue weighted by molar-refractivity contribution is 0.0918. The molecule has 0 fully saturated rings. The first-order valence-electron chi connectivity index (χ1n) is 11.3. The van der Waals surface area contributed by atoms with Crippen LogP contribution in [0.5, 0.6) is 11.5 Å². The summed E-state index contributed by atoms with van der Waals surface area (Å²) in [6.45, 7) is 11.4. The van der Waals surface area contributed by atoms with E-state index in [2.05, 4.69) is 40.7 Å². The molecule has 0 spiro atoms. The lowest BCUT2D eigenvalue weighted by atomic mass is 9.80. The van der Waals surface area contributed by atoms with Gasteiger partial charge in [0.05, 0.1) is 5.56 Å². The molecule has 1 N–H and O–H groups in total. The molecule has 1 aliphatic heterocycles. The van der Waals surface area contributed by atoms with Gasteiger partial charge >= 0.3 is 0 Å². The molecule has 1 aliphatic carbocycles. The van der Waals surface area contributed by atoms with Gasteiger partial charge in [0.1, 0.15) is 17.1 Å². The molecule has 0 radical (unpaired) electrons. The van der Waals surface area contributed by atoms with Crippen LogP contribution >= 0.6 is 0 Å². The Bertz CT molecular complexity index is 697. The molecule has 27 heavy (non-hydrogen) atoms. The molecule has 1 heterocycles. The first kappa shape index (κ1) is 20.3. The number of benzene rings is 1. The van der Waals surface area contributed by atoms with E-state index in [0.717, 1.165) is 37.0 Å². The predicted molar refractivity (Wildman–Crippen MR) is 115 cm³/mol. The quantitative estimate of drug-likeness (QED) is 0.477. The Morgan fingerprint density at radius 1 is 1.07 bits per heavy atom. The maximum Gasteiger partial charge on any atom is 0.132 e. The fourth-order valence-corrected chi connectivity index (χ4v) is 5.18. The number of fused-ring (bicyclic) bond motifs is 2. The average Bonchev–Trinajstić information content (AvgIpc) is 3.16. The van der Waals surface area contributed by atoms with Crippen molar-refractivity contribution in [3.05, 3.63) is 28.8 Å². The number of hydrogen-bond donors (Lipinski definition) is 1. The monoisotopic (exact) mass is 370 g/mol. The first-order valence-corrected chi connectivity index (χ1v) is 11.3. The Hall–Kier alpha value is -1.44. The molecule has 1 aromatic carbocycles. The maximum absolute atomic E-state index is 10.9. The molecule has 3 rings (SSSR count). The number of aromatic hydroxyl groups is 1. The topological polar surface area (TPSA) is 29.5 Å². The second kappa shape index (κ2) is 8.29. The molecule has 2 heteroatoms. The molecule has 150 valence electrons. The highest BCUT2D eigenvalue weighted by atomic mass is 16.5. The lowest BCUT2D eigenvalue weighted by Gasteiger charge is -2.40. The third-order valence-corrected chi connectivity index (χ3v) is 7.26. The van der Waals surface area contributed by atoms with Gasteiger partial charge in [0.2, 0.25) is 0 Å². The average molecular weight is 371 g/mol. The second-order valence-corrected chi connectivity index (χ2v) is 8.79. The van der Waals surface area contributed by atoms with Gasteiger partial charge in [-0.05, 0) is 72.8 Å². The minimum Gasteiger partial charge on any atom is -0.507 e. The first-order chi connectivity index (χ1) is 13.0. The fraction of sp³-hybridized carbons (Fsp3) is 0.680. The summed E-state index contributed by atoms with van der Waals surface area (Å²) < 4.78 is 6.66. The normalized spacial score (nSPS) is 20.0. The highest BCUT2D eigenvalue weighted by Crippen LogP contribution is 2.54. The van der Waals surface area contributed by atoms with Crippen molar-refractivity contribution in [1.82, 2.24) is 0 Å². The van der Waals surface area contributed by atoms with E-state index in [1.165, 1.54) is 48.8 Å². The van der Waals surface area contributed by atoms with E-state index in [0.29, 0.717) is 17.6 Å². The number of phenols is 1. The van der Waals surface area contributed by atoms with Crippen molar-refractivity contribution in [2.75, 3.05) is 0 Å². The van der Waals surface area contributed by atoms with Gasteiger partial charge in [0, 0.05) is 0 Å². The molecule has 2 unspecified atom stereocenters. The molecule has 1 aromatic rings. The summed E-state index contributed by atoms with van der Waals surface area (Å²) in [6.07, 6.45) is 10.5. The molecular formula is C25H38O2. The van der Waals surface area contributed by atoms with Crippen LogP contribution in [0.25, 0.3) is 5.57 Å². The zero-order chi connectivity index (χ0) is 19.6. The van der Waals surface area contributed by atoms with Crippen molar-refractivity contribution in [3.8, 4) is 11.5 Å². The van der Waals surface area contributed by atoms with Crippen molar-refractivity contribution in [2.45, 2.75) is 104 Å². The van der Waals surface area contributed by atoms with E-state index < -0.39 is 0 Å². The minimum atomic E-state index is -0.167. The summed E-state index contributed by atoms with van der Waals surface area (Å²) in [7, 11) is 0. The second-order valence-electron chi connectivity index (χ2n) is 8.79. The summed E-state index contributed by atoms with van der Waals surface area (Å²) in [5.74, 6) is 2.38. The van der Waals surface area contributed by atoms with Crippen LogP contribution in [0.1, 0.15) is 109 Å². The van der Waals surface area contributed by atoms with E-state index in [1.54, 1.807) is 0 Å². The largest absolute Gasteiger partial charge is 0.507 e. The Morgan fingerprint density at radius 2 is 1.81 bits per heavy atom. The van der Waals surface area contributed by atoms with Crippen molar-refractivity contribution >= 4 is 5.57 Å². The van der Waals surface area contributed by atoms with Gasteiger partial charge in [-0.3, -0.25) is 0 Å². The smallest absolute Gasteiger partial charge is 0.132 e. The van der Waals surface area contributed by atoms with Crippen LogP contribution in [0.4, 0.5) is 0 Å². The van der Waals surface area contributed by atoms with E-state index in [1.807, 2.05) is 6.07 Å². The Balaban J connectivity index is 1.95. The Morgan fingerprint density at radius 3 is 2.48 bits per heavy atom. The summed E-state index contributed by atoms with van der Waals surface area (Å²) in [4.78, 5) is 0. The molecular weight excluding hydrogens is 332 g/mol. The zero-order valence-electron chi connectivity index (χ0n) is 18.0. The summed E-state index contributed by atoms with van der Waals surface area (Å²) >= 11 is 0. The third-order valence-electron chi connectivity index (χ3n) is 7.26. The molecule has 0 saturated heterocycles. The van der Waals surface area contributed by atoms with Crippen LogP contribution in [0, 0.1) is 5.92 Å². The highest BCUT2D eigenvalue weighted by Gasteiger charge is 2.42. The van der Waals surface area contributed by atoms with E-state index >= 15 is 0 Å². The van der Waals surface area contributed by atoms with Crippen LogP contribution in [-0.2, 0) is 0 Å². The summed E-state index contributed by atoms with van der Waals surface area (Å²) in [5, 5.41) is 10.9. The van der Waals surface area contributed by atoms with Gasteiger partial charge in [-0.15, -0.1) is 0 Å². The number of allylic oxidation sites excluding steroid dienone is 1. The van der Waals surface area contributed by atoms with E-state index in [9.17, 15) is 5.11 Å². The zero-order valence-corrected chi connectivity index (χ0v) is 18.0. The van der Waals surface area contributed by atoms with Gasteiger partial charge in [-0.25, -0.2) is 0 Å². The maximum atomic E-state index is 10.9. The van der Waals surface area contributed by atoms with Crippen LogP contribution in [-0.4, -0.2) is 10.7 Å². The Labute approximate surface area is 166 Å². The standard InChI is InChI=1S/C25H38O2/c1-6-9-10-12-17(4)18(5)19-15-22(26)24-20-13-11-14-21(20)25(7-2,8-3)27-23(24)16-19/h15-18,26H,6-14H2,1-5H3. The van der Waals surface area contributed by atoms with Crippen molar-refractivity contribution < 1.29 is 9.84 Å². The van der Waals surface area contributed by atoms with Crippen molar-refractivity contribution in [1.29, 1.82) is 0 Å². The van der Waals surface area contributed by atoms with Gasteiger partial charge in [-0.2, -0.15) is 0 Å². The van der Waals surface area contributed by atoms with E-state index in [4.69, 9.17) is 4.74 Å². The highest BCUT2D eigenvalue weighted by molar-refractivity contribution is 5.82. The number of rotatable bonds is 8. The van der Waals surface area contributed by atoms with E-state index in [-0.39, 0.29) is 5.60 Å². The van der Waals surface area contributed by atoms with Crippen LogP contribution < -0.4 is 4.74 Å². The number of unbranched alkanes of at least 4 members (excludes halogenated alkanes) is 2. The molecule has 2 atom stereocenters. The molecule has 0 bridgehead atoms. The summed E-state index contributed by atoms with van der Waals surface area (Å²) in [6, 6.07) is 4.25. The number of phenolic OH excluding ortho intramolecular Hbond substituents is 1. The molecule has 0 aromatic heterocycles. The van der Waals surface area contributed by atoms with Gasteiger partial charge in [0.25, 0.3) is 0 Å². The van der Waals surface area contributed by atoms with Crippen LogP contribution in [0.15, 0.2) is 17.7 Å². The van der Waals surface area contributed by atoms with Crippen LogP contribution in [0.2, 0.25) is 0 Å². The summed E-state index contributed by atoms with van der Waals surface area (Å²) in [5.41, 5.74) is 4.85. The molecule has 0 saturated carbocycles. The minimum absolute atomic E-state index is 0.167. The molecule has 2 aliphatic rings. The SMILES string of the molecule is CCCCCC(C)C(C)c1cc(O)c2c(c1)OC(CC)(CC)C1=C2CCC1. The third kappa shape index (κ3) is 3.65. The Kier molecular flexibility index (Phi) is 6.23. The number of ether oxygens (including phenoxy) is 1. The van der Waals surface area contributed by atoms with Crippen molar-refractivity contribution in [2.24, 2.45) is 5.92 Å². The fourth-order valence-electron chi connectivity index (χ4n) is 5.18. The van der Waals surface area contributed by atoms with Gasteiger partial charge < -0.3 is 9.84 Å². The van der Waals surface area contributed by atoms with Crippen LogP contribution in [0.3, 0.4) is 0 Å². The van der Waals surface area contributed by atoms with Crippen molar-refractivity contribution in [3.63, 3.8) is 0 Å². The van der Waals surface area contributed by atoms with Gasteiger partial charge in [0.15, 0.2) is 0 Å². The number of hydrogen-bond acceptors (Lipinski definition) is 2. The lowest BCUT2D eigenvalue weighted by Crippen LogP contribution is -2.39. The predicted octanol–water partition coefficient (Wildman–Crippen LogP) is 7.60. The molecule has 2 nitrogen and oxygen atoms in total. The molecule has 0 amide bonds.